The molecule has 6 heteroatoms. The molecule has 0 saturated heterocycles. The van der Waals surface area contributed by atoms with Gasteiger partial charge in [-0.1, -0.05) is 0 Å². The lowest BCUT2D eigenvalue weighted by Gasteiger charge is -2.08. The number of hydrogen-bond donors (Lipinski definition) is 2. The highest BCUT2D eigenvalue weighted by atomic mass is 19.2. The van der Waals surface area contributed by atoms with E-state index in [0.717, 1.165) is 0 Å². The van der Waals surface area contributed by atoms with E-state index < -0.39 is 35.1 Å². The van der Waals surface area contributed by atoms with Gasteiger partial charge in [0.15, 0.2) is 11.6 Å². The summed E-state index contributed by atoms with van der Waals surface area (Å²) in [5.74, 6) is -4.38. The molecule has 0 aliphatic rings. The molecule has 0 aliphatic carbocycles. The summed E-state index contributed by atoms with van der Waals surface area (Å²) in [7, 11) is 0. The highest BCUT2D eigenvalue weighted by molar-refractivity contribution is 5.94. The Hall–Kier alpha value is -1.56. The zero-order valence-electron chi connectivity index (χ0n) is 7.85. The summed E-state index contributed by atoms with van der Waals surface area (Å²) < 4.78 is 38.4. The van der Waals surface area contributed by atoms with Gasteiger partial charge in [0.1, 0.15) is 5.82 Å². The van der Waals surface area contributed by atoms with Crippen LogP contribution in [0.5, 0.6) is 0 Å². The minimum absolute atomic E-state index is 0.386. The first-order valence-electron chi connectivity index (χ1n) is 4.13. The van der Waals surface area contributed by atoms with Gasteiger partial charge in [-0.3, -0.25) is 4.79 Å². The van der Waals surface area contributed by atoms with E-state index in [2.05, 4.69) is 0 Å². The Bertz CT molecular complexity index is 393. The molecule has 0 spiro atoms. The summed E-state index contributed by atoms with van der Waals surface area (Å²) in [6.45, 7) is 1.36. The second kappa shape index (κ2) is 4.31. The lowest BCUT2D eigenvalue weighted by atomic mass is 10.2. The molecule has 15 heavy (non-hydrogen) atoms. The Morgan fingerprint density at radius 3 is 2.53 bits per heavy atom. The first-order valence-corrected chi connectivity index (χ1v) is 4.13. The average molecular weight is 218 g/mol. The van der Waals surface area contributed by atoms with E-state index in [1.165, 1.54) is 6.92 Å². The van der Waals surface area contributed by atoms with Crippen molar-refractivity contribution < 1.29 is 18.0 Å². The second-order valence-electron chi connectivity index (χ2n) is 3.03. The fraction of sp³-hybridized carbons (Fsp3) is 0.222. The quantitative estimate of drug-likeness (QED) is 0.737. The summed E-state index contributed by atoms with van der Waals surface area (Å²) in [6.07, 6.45) is 0. The zero-order valence-corrected chi connectivity index (χ0v) is 7.85. The molecule has 0 bridgehead atoms. The smallest absolute Gasteiger partial charge is 0.241 e. The van der Waals surface area contributed by atoms with E-state index in [-0.39, 0.29) is 0 Å². The number of rotatable bonds is 2. The van der Waals surface area contributed by atoms with Gasteiger partial charge in [0, 0.05) is 12.1 Å². The molecule has 82 valence electrons. The second-order valence-corrected chi connectivity index (χ2v) is 3.03. The van der Waals surface area contributed by atoms with Crippen molar-refractivity contribution in [3.8, 4) is 0 Å². The number of anilines is 1. The minimum atomic E-state index is -1.37. The predicted molar refractivity (Wildman–Crippen MR) is 48.6 cm³/mol. The predicted octanol–water partition coefficient (Wildman–Crippen LogP) is 1.39. The highest BCUT2D eigenvalue weighted by Crippen LogP contribution is 2.19. The molecular weight excluding hydrogens is 209 g/mol. The standard InChI is InChI=1S/C9H9F3N2O/c1-4(13)9(15)14-7-3-5(10)2-6(11)8(7)12/h2-4H,13H2,1H3,(H,14,15). The van der Waals surface area contributed by atoms with Crippen LogP contribution >= 0.6 is 0 Å². The van der Waals surface area contributed by atoms with Crippen LogP contribution in [0, 0.1) is 17.5 Å². The van der Waals surface area contributed by atoms with Crippen molar-refractivity contribution in [3.63, 3.8) is 0 Å². The van der Waals surface area contributed by atoms with Gasteiger partial charge in [0.25, 0.3) is 0 Å². The molecule has 0 radical (unpaired) electrons. The summed E-state index contributed by atoms with van der Waals surface area (Å²) in [4.78, 5) is 11.0. The Morgan fingerprint density at radius 2 is 2.00 bits per heavy atom. The molecule has 1 unspecified atom stereocenters. The summed E-state index contributed by atoms with van der Waals surface area (Å²) in [6, 6.07) is 0.172. The summed E-state index contributed by atoms with van der Waals surface area (Å²) in [5, 5.41) is 1.97. The zero-order chi connectivity index (χ0) is 11.6. The van der Waals surface area contributed by atoms with Gasteiger partial charge >= 0.3 is 0 Å². The number of nitrogens with two attached hydrogens (primary N) is 1. The van der Waals surface area contributed by atoms with Crippen molar-refractivity contribution in [1.82, 2.24) is 0 Å². The molecule has 3 N–H and O–H groups in total. The van der Waals surface area contributed by atoms with Crippen LogP contribution in [0.15, 0.2) is 12.1 Å². The van der Waals surface area contributed by atoms with Gasteiger partial charge in [0.2, 0.25) is 5.91 Å². The minimum Gasteiger partial charge on any atom is -0.322 e. The van der Waals surface area contributed by atoms with E-state index in [1.54, 1.807) is 0 Å². The monoisotopic (exact) mass is 218 g/mol. The molecule has 1 rings (SSSR count). The first kappa shape index (κ1) is 11.5. The van der Waals surface area contributed by atoms with Crippen LogP contribution in [-0.2, 0) is 4.79 Å². The van der Waals surface area contributed by atoms with Gasteiger partial charge in [-0.25, -0.2) is 13.2 Å². The van der Waals surface area contributed by atoms with E-state index in [0.29, 0.717) is 12.1 Å². The molecular formula is C9H9F3N2O. The third-order valence-electron chi connectivity index (χ3n) is 1.66. The van der Waals surface area contributed by atoms with Crippen molar-refractivity contribution in [1.29, 1.82) is 0 Å². The lowest BCUT2D eigenvalue weighted by molar-refractivity contribution is -0.117. The van der Waals surface area contributed by atoms with Crippen LogP contribution < -0.4 is 11.1 Å². The number of benzene rings is 1. The van der Waals surface area contributed by atoms with Gasteiger partial charge in [-0.15, -0.1) is 0 Å². The fourth-order valence-electron chi connectivity index (χ4n) is 0.894. The van der Waals surface area contributed by atoms with Gasteiger partial charge in [-0.05, 0) is 6.92 Å². The number of carbonyl (C=O) groups is 1. The summed E-state index contributed by atoms with van der Waals surface area (Å²) >= 11 is 0. The van der Waals surface area contributed by atoms with Crippen molar-refractivity contribution in [2.24, 2.45) is 5.73 Å². The van der Waals surface area contributed by atoms with Gasteiger partial charge in [-0.2, -0.15) is 0 Å². The third kappa shape index (κ3) is 2.69. The van der Waals surface area contributed by atoms with Crippen LogP contribution in [-0.4, -0.2) is 11.9 Å². The SMILES string of the molecule is CC(N)C(=O)Nc1cc(F)cc(F)c1F. The van der Waals surface area contributed by atoms with E-state index in [4.69, 9.17) is 5.73 Å². The van der Waals surface area contributed by atoms with Crippen LogP contribution in [0.25, 0.3) is 0 Å². The normalized spacial score (nSPS) is 12.3. The number of carbonyl (C=O) groups excluding carboxylic acids is 1. The van der Waals surface area contributed by atoms with E-state index in [1.807, 2.05) is 5.32 Å². The molecule has 3 nitrogen and oxygen atoms in total. The largest absolute Gasteiger partial charge is 0.322 e. The molecule has 1 amide bonds. The van der Waals surface area contributed by atoms with Crippen LogP contribution in [0.1, 0.15) is 6.92 Å². The number of amides is 1. The van der Waals surface area contributed by atoms with Crippen LogP contribution in [0.3, 0.4) is 0 Å². The molecule has 0 aliphatic heterocycles. The molecule has 1 aromatic rings. The Balaban J connectivity index is 2.99. The van der Waals surface area contributed by atoms with Crippen molar-refractivity contribution >= 4 is 11.6 Å². The number of hydrogen-bond acceptors (Lipinski definition) is 2. The molecule has 0 saturated carbocycles. The van der Waals surface area contributed by atoms with Gasteiger partial charge in [0.05, 0.1) is 11.7 Å². The maximum atomic E-state index is 13.0. The number of nitrogens with one attached hydrogen (secondary N) is 1. The average Bonchev–Trinajstić information content (AvgIpc) is 2.13. The fourth-order valence-corrected chi connectivity index (χ4v) is 0.894. The highest BCUT2D eigenvalue weighted by Gasteiger charge is 2.15. The topological polar surface area (TPSA) is 55.1 Å². The molecule has 0 aromatic heterocycles. The molecule has 1 aromatic carbocycles. The Morgan fingerprint density at radius 1 is 1.40 bits per heavy atom. The Kier molecular flexibility index (Phi) is 3.31. The van der Waals surface area contributed by atoms with Gasteiger partial charge < -0.3 is 11.1 Å². The number of halogens is 3. The molecule has 1 atom stereocenters. The molecule has 0 heterocycles. The van der Waals surface area contributed by atoms with Crippen molar-refractivity contribution in [2.45, 2.75) is 13.0 Å². The molecule has 0 fully saturated rings. The lowest BCUT2D eigenvalue weighted by Crippen LogP contribution is -2.32. The van der Waals surface area contributed by atoms with Crippen molar-refractivity contribution in [3.05, 3.63) is 29.6 Å². The van der Waals surface area contributed by atoms with Crippen LogP contribution in [0.2, 0.25) is 0 Å². The third-order valence-corrected chi connectivity index (χ3v) is 1.66. The van der Waals surface area contributed by atoms with Crippen LogP contribution in [0.4, 0.5) is 18.9 Å². The van der Waals surface area contributed by atoms with E-state index >= 15 is 0 Å². The first-order chi connectivity index (χ1) is 6.91. The summed E-state index contributed by atoms with van der Waals surface area (Å²) in [5.41, 5.74) is 4.63. The maximum absolute atomic E-state index is 13.0. The van der Waals surface area contributed by atoms with E-state index in [9.17, 15) is 18.0 Å². The Labute approximate surface area is 84.1 Å². The van der Waals surface area contributed by atoms with Crippen molar-refractivity contribution in [2.75, 3.05) is 5.32 Å². The maximum Gasteiger partial charge on any atom is 0.241 e.